The summed E-state index contributed by atoms with van der Waals surface area (Å²) in [4.78, 5) is 15.0. The van der Waals surface area contributed by atoms with Gasteiger partial charge >= 0.3 is 0 Å². The van der Waals surface area contributed by atoms with E-state index in [4.69, 9.17) is 10.5 Å². The molecule has 1 aliphatic heterocycles. The van der Waals surface area contributed by atoms with Crippen LogP contribution in [0.1, 0.15) is 18.9 Å². The molecule has 0 aliphatic carbocycles. The Kier molecular flexibility index (Phi) is 2.98. The number of piperidine rings is 1. The fourth-order valence-electron chi connectivity index (χ4n) is 2.76. The first-order chi connectivity index (χ1) is 9.20. The number of nitrogen functional groups attached to an aromatic ring is 1. The largest absolute Gasteiger partial charge is 0.479 e. The van der Waals surface area contributed by atoms with Crippen LogP contribution in [0.3, 0.4) is 0 Å². The summed E-state index contributed by atoms with van der Waals surface area (Å²) in [6.45, 7) is 2.09. The van der Waals surface area contributed by atoms with Crippen molar-refractivity contribution in [2.75, 3.05) is 33.0 Å². The molecular weight excluding hydrogens is 244 g/mol. The summed E-state index contributed by atoms with van der Waals surface area (Å²) in [7, 11) is 3.70. The van der Waals surface area contributed by atoms with E-state index in [9.17, 15) is 0 Å². The maximum Gasteiger partial charge on any atom is 0.245 e. The second kappa shape index (κ2) is 4.65. The lowest BCUT2D eigenvalue weighted by molar-refractivity contribution is 0.215. The number of hydrogen-bond donors (Lipinski definition) is 1. The van der Waals surface area contributed by atoms with Crippen LogP contribution in [0.15, 0.2) is 6.33 Å². The Labute approximate surface area is 111 Å². The summed E-state index contributed by atoms with van der Waals surface area (Å²) in [5.41, 5.74) is 7.45. The van der Waals surface area contributed by atoms with Crippen LogP contribution < -0.4 is 10.5 Å². The molecule has 0 amide bonds. The molecule has 2 aromatic heterocycles. The first-order valence-corrected chi connectivity index (χ1v) is 6.41. The summed E-state index contributed by atoms with van der Waals surface area (Å²) in [6.07, 6.45) is 3.74. The van der Waals surface area contributed by atoms with Crippen LogP contribution in [0.5, 0.6) is 5.88 Å². The van der Waals surface area contributed by atoms with Crippen molar-refractivity contribution < 1.29 is 4.74 Å². The Morgan fingerprint density at radius 2 is 2.26 bits per heavy atom. The Morgan fingerprint density at radius 1 is 1.42 bits per heavy atom. The predicted molar refractivity (Wildman–Crippen MR) is 72.1 cm³/mol. The van der Waals surface area contributed by atoms with E-state index in [1.165, 1.54) is 6.33 Å². The van der Waals surface area contributed by atoms with Crippen LogP contribution >= 0.6 is 0 Å². The topological polar surface area (TPSA) is 82.1 Å². The van der Waals surface area contributed by atoms with Crippen LogP contribution in [0.4, 0.5) is 5.95 Å². The highest BCUT2D eigenvalue weighted by molar-refractivity contribution is 5.79. The van der Waals surface area contributed by atoms with E-state index in [1.807, 2.05) is 4.57 Å². The predicted octanol–water partition coefficient (Wildman–Crippen LogP) is 0.684. The first kappa shape index (κ1) is 12.2. The molecule has 7 nitrogen and oxygen atoms in total. The Balaban J connectivity index is 2.10. The zero-order chi connectivity index (χ0) is 13.4. The number of fused-ring (bicyclic) bond motifs is 1. The number of likely N-dealkylation sites (N-methyl/N-ethyl adjacent to an activating group) is 1. The molecule has 1 saturated heterocycles. The van der Waals surface area contributed by atoms with E-state index in [0.29, 0.717) is 23.4 Å². The van der Waals surface area contributed by atoms with Crippen molar-refractivity contribution in [2.45, 2.75) is 18.9 Å². The van der Waals surface area contributed by atoms with Gasteiger partial charge in [-0.2, -0.15) is 4.98 Å². The number of ether oxygens (including phenoxy) is 1. The van der Waals surface area contributed by atoms with Crippen molar-refractivity contribution in [3.63, 3.8) is 0 Å². The third-order valence-corrected chi connectivity index (χ3v) is 3.63. The quantitative estimate of drug-likeness (QED) is 0.857. The van der Waals surface area contributed by atoms with Crippen molar-refractivity contribution in [2.24, 2.45) is 0 Å². The lowest BCUT2D eigenvalue weighted by Crippen LogP contribution is -2.34. The molecular formula is C12H18N6O. The Morgan fingerprint density at radius 3 is 3.00 bits per heavy atom. The third kappa shape index (κ3) is 1.99. The molecule has 2 N–H and O–H groups in total. The highest BCUT2D eigenvalue weighted by atomic mass is 16.5. The van der Waals surface area contributed by atoms with Gasteiger partial charge in [-0.25, -0.2) is 9.97 Å². The molecule has 0 saturated carbocycles. The number of rotatable bonds is 2. The molecule has 1 aliphatic rings. The number of nitrogens with two attached hydrogens (primary N) is 1. The normalized spacial score (nSPS) is 20.8. The smallest absolute Gasteiger partial charge is 0.245 e. The Bertz CT molecular complexity index is 595. The monoisotopic (exact) mass is 262 g/mol. The van der Waals surface area contributed by atoms with Gasteiger partial charge in [0.25, 0.3) is 0 Å². The number of imidazole rings is 1. The van der Waals surface area contributed by atoms with Gasteiger partial charge in [-0.05, 0) is 26.4 Å². The van der Waals surface area contributed by atoms with Crippen LogP contribution in [0, 0.1) is 0 Å². The molecule has 1 unspecified atom stereocenters. The Hall–Kier alpha value is -1.89. The standard InChI is InChI=1S/C12H18N6O/c1-17-5-3-4-8(6-17)18-10-9(16-12(18)13)11(19-2)15-7-14-10/h7-8H,3-6H2,1-2H3,(H2,13,16). The summed E-state index contributed by atoms with van der Waals surface area (Å²) >= 11 is 0. The molecule has 0 spiro atoms. The second-order valence-electron chi connectivity index (χ2n) is 4.95. The lowest BCUT2D eigenvalue weighted by atomic mass is 10.1. The highest BCUT2D eigenvalue weighted by Gasteiger charge is 2.24. The van der Waals surface area contributed by atoms with Crippen LogP contribution in [0.25, 0.3) is 11.2 Å². The van der Waals surface area contributed by atoms with Crippen LogP contribution in [-0.2, 0) is 0 Å². The number of hydrogen-bond acceptors (Lipinski definition) is 6. The molecule has 1 fully saturated rings. The van der Waals surface area contributed by atoms with E-state index in [-0.39, 0.29) is 0 Å². The summed E-state index contributed by atoms with van der Waals surface area (Å²) < 4.78 is 7.22. The van der Waals surface area contributed by atoms with Gasteiger partial charge in [0.05, 0.1) is 13.2 Å². The molecule has 0 radical (unpaired) electrons. The number of nitrogens with zero attached hydrogens (tertiary/aromatic N) is 5. The first-order valence-electron chi connectivity index (χ1n) is 6.41. The lowest BCUT2D eigenvalue weighted by Gasteiger charge is -2.30. The summed E-state index contributed by atoms with van der Waals surface area (Å²) in [6, 6.07) is 0.309. The van der Waals surface area contributed by atoms with Crippen LogP contribution in [-0.4, -0.2) is 51.7 Å². The molecule has 0 bridgehead atoms. The number of anilines is 1. The summed E-state index contributed by atoms with van der Waals surface area (Å²) in [5, 5.41) is 0. The van der Waals surface area contributed by atoms with Crippen molar-refractivity contribution in [3.8, 4) is 5.88 Å². The number of methoxy groups -OCH3 is 1. The van der Waals surface area contributed by atoms with Crippen LogP contribution in [0.2, 0.25) is 0 Å². The SMILES string of the molecule is COc1ncnc2c1nc(N)n2C1CCCN(C)C1. The van der Waals surface area contributed by atoms with Gasteiger partial charge in [-0.3, -0.25) is 4.57 Å². The average molecular weight is 262 g/mol. The van der Waals surface area contributed by atoms with Gasteiger partial charge in [0.1, 0.15) is 6.33 Å². The molecule has 19 heavy (non-hydrogen) atoms. The second-order valence-corrected chi connectivity index (χ2v) is 4.95. The molecule has 102 valence electrons. The van der Waals surface area contributed by atoms with Crippen molar-refractivity contribution in [3.05, 3.63) is 6.33 Å². The van der Waals surface area contributed by atoms with Crippen molar-refractivity contribution in [1.82, 2.24) is 24.4 Å². The fraction of sp³-hybridized carbons (Fsp3) is 0.583. The third-order valence-electron chi connectivity index (χ3n) is 3.63. The van der Waals surface area contributed by atoms with Gasteiger partial charge in [0.2, 0.25) is 11.8 Å². The molecule has 1 atom stereocenters. The van der Waals surface area contributed by atoms with Crippen molar-refractivity contribution in [1.29, 1.82) is 0 Å². The van der Waals surface area contributed by atoms with E-state index in [1.54, 1.807) is 7.11 Å². The van der Waals surface area contributed by atoms with E-state index < -0.39 is 0 Å². The summed E-state index contributed by atoms with van der Waals surface area (Å²) in [5.74, 6) is 0.953. The molecule has 2 aromatic rings. The zero-order valence-corrected chi connectivity index (χ0v) is 11.2. The van der Waals surface area contributed by atoms with E-state index in [0.717, 1.165) is 31.6 Å². The maximum atomic E-state index is 6.06. The maximum absolute atomic E-state index is 6.06. The van der Waals surface area contributed by atoms with Gasteiger partial charge in [0.15, 0.2) is 11.2 Å². The molecule has 7 heteroatoms. The van der Waals surface area contributed by atoms with Gasteiger partial charge in [-0.15, -0.1) is 0 Å². The molecule has 3 heterocycles. The van der Waals surface area contributed by atoms with Gasteiger partial charge < -0.3 is 15.4 Å². The number of aromatic nitrogens is 4. The molecule has 3 rings (SSSR count). The fourth-order valence-corrected chi connectivity index (χ4v) is 2.76. The van der Waals surface area contributed by atoms with E-state index >= 15 is 0 Å². The van der Waals surface area contributed by atoms with Gasteiger partial charge in [-0.1, -0.05) is 0 Å². The molecule has 0 aromatic carbocycles. The minimum Gasteiger partial charge on any atom is -0.479 e. The zero-order valence-electron chi connectivity index (χ0n) is 11.2. The van der Waals surface area contributed by atoms with Crippen molar-refractivity contribution >= 4 is 17.1 Å². The number of likely N-dealkylation sites (tertiary alicyclic amines) is 1. The highest BCUT2D eigenvalue weighted by Crippen LogP contribution is 2.30. The van der Waals surface area contributed by atoms with Gasteiger partial charge in [0, 0.05) is 6.54 Å². The average Bonchev–Trinajstić information content (AvgIpc) is 2.74. The minimum absolute atomic E-state index is 0.309. The van der Waals surface area contributed by atoms with E-state index in [2.05, 4.69) is 26.9 Å². The minimum atomic E-state index is 0.309.